The zero-order valence-electron chi connectivity index (χ0n) is 19.1. The monoisotopic (exact) mass is 552 g/mol. The highest BCUT2D eigenvalue weighted by Crippen LogP contribution is 2.33. The van der Waals surface area contributed by atoms with Gasteiger partial charge in [0.15, 0.2) is 17.5 Å². The fourth-order valence-corrected chi connectivity index (χ4v) is 4.34. The molecule has 0 aromatic heterocycles. The molecule has 7 nitrogen and oxygen atoms in total. The third kappa shape index (κ3) is 5.40. The molecule has 0 bridgehead atoms. The SMILES string of the molecule is CN=C(NCc1ccccc1N1CCOCC1)N1CCc2cc(OC)c(OC)cc2C1.I. The van der Waals surface area contributed by atoms with Gasteiger partial charge in [-0.2, -0.15) is 0 Å². The number of nitrogens with one attached hydrogen (secondary N) is 1. The maximum atomic E-state index is 5.52. The molecule has 2 aliphatic rings. The van der Waals surface area contributed by atoms with E-state index in [-0.39, 0.29) is 24.0 Å². The van der Waals surface area contributed by atoms with Crippen molar-refractivity contribution in [2.24, 2.45) is 4.99 Å². The highest BCUT2D eigenvalue weighted by atomic mass is 127. The zero-order valence-corrected chi connectivity index (χ0v) is 21.4. The molecular formula is C24H33IN4O3. The predicted molar refractivity (Wildman–Crippen MR) is 139 cm³/mol. The van der Waals surface area contributed by atoms with E-state index in [9.17, 15) is 0 Å². The second-order valence-corrected chi connectivity index (χ2v) is 7.78. The normalized spacial score (nSPS) is 16.2. The van der Waals surface area contributed by atoms with Gasteiger partial charge >= 0.3 is 0 Å². The molecule has 1 saturated heterocycles. The Hall–Kier alpha value is -2.20. The lowest BCUT2D eigenvalue weighted by Crippen LogP contribution is -2.44. The molecule has 8 heteroatoms. The van der Waals surface area contributed by atoms with Crippen LogP contribution in [0.4, 0.5) is 5.69 Å². The third-order valence-corrected chi connectivity index (χ3v) is 6.01. The van der Waals surface area contributed by atoms with Gasteiger partial charge in [0.25, 0.3) is 0 Å². The van der Waals surface area contributed by atoms with Gasteiger partial charge in [0.05, 0.1) is 27.4 Å². The van der Waals surface area contributed by atoms with Crippen LogP contribution in [0.1, 0.15) is 16.7 Å². The third-order valence-electron chi connectivity index (χ3n) is 6.01. The standard InChI is InChI=1S/C24H32N4O3.HI/c1-25-24(26-16-19-6-4-5-7-21(19)27-10-12-31-13-11-27)28-9-8-18-14-22(29-2)23(30-3)15-20(18)17-28;/h4-7,14-15H,8-13,16-17H2,1-3H3,(H,25,26);1H. The molecule has 0 radical (unpaired) electrons. The first-order valence-corrected chi connectivity index (χ1v) is 10.8. The number of benzene rings is 2. The summed E-state index contributed by atoms with van der Waals surface area (Å²) < 4.78 is 16.5. The molecule has 174 valence electrons. The van der Waals surface area contributed by atoms with Gasteiger partial charge in [-0.1, -0.05) is 18.2 Å². The molecule has 0 saturated carbocycles. The first kappa shape index (κ1) is 24.4. The molecule has 32 heavy (non-hydrogen) atoms. The number of rotatable bonds is 5. The average Bonchev–Trinajstić information content (AvgIpc) is 2.84. The van der Waals surface area contributed by atoms with E-state index in [2.05, 4.69) is 56.5 Å². The van der Waals surface area contributed by atoms with E-state index in [0.717, 1.165) is 69.8 Å². The van der Waals surface area contributed by atoms with Gasteiger partial charge in [-0.25, -0.2) is 0 Å². The minimum Gasteiger partial charge on any atom is -0.493 e. The van der Waals surface area contributed by atoms with Crippen LogP contribution in [-0.2, 0) is 24.2 Å². The Bertz CT molecular complexity index is 931. The maximum Gasteiger partial charge on any atom is 0.194 e. The second-order valence-electron chi connectivity index (χ2n) is 7.78. The Kier molecular flexibility index (Phi) is 8.86. The molecule has 1 fully saturated rings. The zero-order chi connectivity index (χ0) is 21.6. The summed E-state index contributed by atoms with van der Waals surface area (Å²) in [7, 11) is 5.21. The lowest BCUT2D eigenvalue weighted by molar-refractivity contribution is 0.122. The molecule has 0 unspecified atom stereocenters. The van der Waals surface area contributed by atoms with E-state index in [4.69, 9.17) is 14.2 Å². The first-order valence-electron chi connectivity index (χ1n) is 10.8. The van der Waals surface area contributed by atoms with Gasteiger partial charge in [-0.05, 0) is 41.3 Å². The van der Waals surface area contributed by atoms with Crippen LogP contribution >= 0.6 is 24.0 Å². The van der Waals surface area contributed by atoms with E-state index >= 15 is 0 Å². The summed E-state index contributed by atoms with van der Waals surface area (Å²) >= 11 is 0. The van der Waals surface area contributed by atoms with Crippen molar-refractivity contribution in [2.45, 2.75) is 19.5 Å². The van der Waals surface area contributed by atoms with Gasteiger partial charge in [0.1, 0.15) is 0 Å². The van der Waals surface area contributed by atoms with Crippen LogP contribution in [0, 0.1) is 0 Å². The summed E-state index contributed by atoms with van der Waals surface area (Å²) in [6.45, 7) is 5.86. The first-order chi connectivity index (χ1) is 15.2. The average molecular weight is 552 g/mol. The fraction of sp³-hybridized carbons (Fsp3) is 0.458. The largest absolute Gasteiger partial charge is 0.493 e. The minimum atomic E-state index is 0. The number of hydrogen-bond donors (Lipinski definition) is 1. The van der Waals surface area contributed by atoms with Crippen molar-refractivity contribution < 1.29 is 14.2 Å². The van der Waals surface area contributed by atoms with E-state index in [1.807, 2.05) is 7.05 Å². The summed E-state index contributed by atoms with van der Waals surface area (Å²) in [5.74, 6) is 2.47. The quantitative estimate of drug-likeness (QED) is 0.349. The number of guanidine groups is 1. The minimum absolute atomic E-state index is 0. The van der Waals surface area contributed by atoms with E-state index < -0.39 is 0 Å². The Labute approximate surface area is 207 Å². The van der Waals surface area contributed by atoms with E-state index in [1.165, 1.54) is 22.4 Å². The number of ether oxygens (including phenoxy) is 3. The molecular weight excluding hydrogens is 519 g/mol. The van der Waals surface area contributed by atoms with Gasteiger partial charge in [-0.3, -0.25) is 4.99 Å². The number of hydrogen-bond acceptors (Lipinski definition) is 5. The highest BCUT2D eigenvalue weighted by Gasteiger charge is 2.22. The smallest absolute Gasteiger partial charge is 0.194 e. The van der Waals surface area contributed by atoms with Crippen LogP contribution < -0.4 is 19.7 Å². The Morgan fingerprint density at radius 2 is 1.72 bits per heavy atom. The lowest BCUT2D eigenvalue weighted by atomic mass is 9.99. The molecule has 0 spiro atoms. The molecule has 1 N–H and O–H groups in total. The van der Waals surface area contributed by atoms with Crippen molar-refractivity contribution in [2.75, 3.05) is 59.0 Å². The lowest BCUT2D eigenvalue weighted by Gasteiger charge is -2.33. The molecule has 0 amide bonds. The number of aliphatic imine (C=N–C) groups is 1. The van der Waals surface area contributed by atoms with Crippen molar-refractivity contribution in [1.29, 1.82) is 0 Å². The summed E-state index contributed by atoms with van der Waals surface area (Å²) in [6.07, 6.45) is 0.945. The maximum absolute atomic E-state index is 5.52. The van der Waals surface area contributed by atoms with Crippen LogP contribution in [-0.4, -0.2) is 65.0 Å². The van der Waals surface area contributed by atoms with Crippen molar-refractivity contribution >= 4 is 35.6 Å². The topological polar surface area (TPSA) is 58.6 Å². The Balaban J connectivity index is 0.00000289. The molecule has 4 rings (SSSR count). The van der Waals surface area contributed by atoms with Crippen molar-refractivity contribution in [1.82, 2.24) is 10.2 Å². The van der Waals surface area contributed by atoms with Crippen molar-refractivity contribution in [3.8, 4) is 11.5 Å². The molecule has 2 aliphatic heterocycles. The molecule has 0 atom stereocenters. The van der Waals surface area contributed by atoms with Crippen molar-refractivity contribution in [3.63, 3.8) is 0 Å². The molecule has 2 aromatic rings. The van der Waals surface area contributed by atoms with Crippen molar-refractivity contribution in [3.05, 3.63) is 53.1 Å². The number of para-hydroxylation sites is 1. The fourth-order valence-electron chi connectivity index (χ4n) is 4.34. The van der Waals surface area contributed by atoms with Crippen LogP contribution in [0.15, 0.2) is 41.4 Å². The van der Waals surface area contributed by atoms with Crippen LogP contribution in [0.5, 0.6) is 11.5 Å². The molecule has 2 aromatic carbocycles. The second kappa shape index (κ2) is 11.6. The van der Waals surface area contributed by atoms with Gasteiger partial charge in [-0.15, -0.1) is 24.0 Å². The van der Waals surface area contributed by atoms with Crippen LogP contribution in [0.2, 0.25) is 0 Å². The molecule has 0 aliphatic carbocycles. The summed E-state index contributed by atoms with van der Waals surface area (Å²) in [5, 5.41) is 3.58. The summed E-state index contributed by atoms with van der Waals surface area (Å²) in [6, 6.07) is 12.8. The predicted octanol–water partition coefficient (Wildman–Crippen LogP) is 3.29. The summed E-state index contributed by atoms with van der Waals surface area (Å²) in [4.78, 5) is 9.26. The van der Waals surface area contributed by atoms with Crippen LogP contribution in [0.3, 0.4) is 0 Å². The summed E-state index contributed by atoms with van der Waals surface area (Å²) in [5.41, 5.74) is 5.10. The number of halogens is 1. The molecule has 2 heterocycles. The van der Waals surface area contributed by atoms with Gasteiger partial charge < -0.3 is 29.3 Å². The Morgan fingerprint density at radius 3 is 2.41 bits per heavy atom. The Morgan fingerprint density at radius 1 is 1.03 bits per heavy atom. The number of nitrogens with zero attached hydrogens (tertiary/aromatic N) is 3. The number of fused-ring (bicyclic) bond motifs is 1. The highest BCUT2D eigenvalue weighted by molar-refractivity contribution is 14.0. The van der Waals surface area contributed by atoms with Crippen LogP contribution in [0.25, 0.3) is 0 Å². The number of morpholine rings is 1. The van der Waals surface area contributed by atoms with Gasteiger partial charge in [0, 0.05) is 45.5 Å². The van der Waals surface area contributed by atoms with E-state index in [1.54, 1.807) is 14.2 Å². The van der Waals surface area contributed by atoms with Gasteiger partial charge in [0.2, 0.25) is 0 Å². The van der Waals surface area contributed by atoms with E-state index in [0.29, 0.717) is 0 Å². The number of methoxy groups -OCH3 is 2. The number of anilines is 1.